The number of hydrogen-bond acceptors (Lipinski definition) is 3. The van der Waals surface area contributed by atoms with Gasteiger partial charge in [0.2, 0.25) is 0 Å². The van der Waals surface area contributed by atoms with Crippen molar-refractivity contribution in [1.29, 1.82) is 0 Å². The molecule has 2 N–H and O–H groups in total. The lowest BCUT2D eigenvalue weighted by Gasteiger charge is -2.04. The smallest absolute Gasteiger partial charge is 0.280 e. The minimum Gasteiger partial charge on any atom is -0.390 e. The van der Waals surface area contributed by atoms with E-state index in [1.807, 2.05) is 18.2 Å². The van der Waals surface area contributed by atoms with Gasteiger partial charge in [0.1, 0.15) is 0 Å². The first kappa shape index (κ1) is 17.1. The summed E-state index contributed by atoms with van der Waals surface area (Å²) in [5.41, 5.74) is 0.587. The number of nitrogens with one attached hydrogen (secondary N) is 2. The van der Waals surface area contributed by atoms with E-state index in [2.05, 4.69) is 48.9 Å². The fraction of sp³-hybridized carbons (Fsp3) is 0.267. The molecule has 0 bridgehead atoms. The van der Waals surface area contributed by atoms with Crippen molar-refractivity contribution < 1.29 is 4.74 Å². The number of nitrogens with zero attached hydrogens (tertiary/aromatic N) is 1. The van der Waals surface area contributed by atoms with E-state index < -0.39 is 0 Å². The second-order valence-corrected chi connectivity index (χ2v) is 6.46. The predicted molar refractivity (Wildman–Crippen MR) is 95.5 cm³/mol. The normalized spacial score (nSPS) is 11.9. The van der Waals surface area contributed by atoms with Crippen LogP contribution in [0.25, 0.3) is 18.5 Å². The molecule has 2 rings (SSSR count). The van der Waals surface area contributed by atoms with E-state index in [4.69, 9.17) is 4.74 Å². The Labute approximate surface area is 144 Å². The Kier molecular flexibility index (Phi) is 6.05. The minimum absolute atomic E-state index is 0.146. The molecule has 0 radical (unpaired) electrons. The summed E-state index contributed by atoms with van der Waals surface area (Å²) >= 11 is 6.86. The molecule has 0 aliphatic heterocycles. The van der Waals surface area contributed by atoms with Gasteiger partial charge in [0.25, 0.3) is 5.56 Å². The summed E-state index contributed by atoms with van der Waals surface area (Å²) in [4.78, 5) is 12.5. The van der Waals surface area contributed by atoms with Crippen LogP contribution in [0.2, 0.25) is 0 Å². The topological polar surface area (TPSA) is 59.0 Å². The number of hydrogen-bond donors (Lipinski definition) is 2. The highest BCUT2D eigenvalue weighted by molar-refractivity contribution is 9.11. The van der Waals surface area contributed by atoms with Crippen LogP contribution in [0, 0.1) is 0 Å². The Balaban J connectivity index is 2.33. The molecule has 0 saturated heterocycles. The molecule has 0 aliphatic carbocycles. The maximum absolute atomic E-state index is 12.5. The summed E-state index contributed by atoms with van der Waals surface area (Å²) in [7, 11) is 1.67. The molecule has 5 nitrogen and oxygen atoms in total. The van der Waals surface area contributed by atoms with Gasteiger partial charge >= 0.3 is 0 Å². The Morgan fingerprint density at radius 1 is 1.45 bits per heavy atom. The van der Waals surface area contributed by atoms with Crippen LogP contribution in [0.15, 0.2) is 31.9 Å². The molecule has 0 amide bonds. The predicted octanol–water partition coefficient (Wildman–Crippen LogP) is 1.46. The molecule has 0 spiro atoms. The van der Waals surface area contributed by atoms with Gasteiger partial charge in [-0.15, -0.1) is 0 Å². The maximum atomic E-state index is 12.5. The maximum Gasteiger partial charge on any atom is 0.280 e. The summed E-state index contributed by atoms with van der Waals surface area (Å²) in [6.07, 6.45) is 2.57. The molecule has 1 heterocycles. The van der Waals surface area contributed by atoms with Crippen molar-refractivity contribution in [3.8, 4) is 5.69 Å². The van der Waals surface area contributed by atoms with E-state index in [9.17, 15) is 4.79 Å². The molecule has 2 aromatic rings. The lowest BCUT2D eigenvalue weighted by Crippen LogP contribution is -2.36. The number of benzene rings is 1. The molecule has 7 heteroatoms. The van der Waals surface area contributed by atoms with E-state index in [0.717, 1.165) is 27.6 Å². The standard InChI is InChI=1S/C15H17Br2N3O2/c1-10-12(9-18-6-3-7-22-2)15(21)20(19-10)14-5-4-11(16)8-13(14)17/h4-5,8-9,18-19H,1,3,6-7H2,2H3. The lowest BCUT2D eigenvalue weighted by molar-refractivity contribution is 0.195. The highest BCUT2D eigenvalue weighted by Crippen LogP contribution is 2.23. The number of aromatic amines is 1. The van der Waals surface area contributed by atoms with E-state index in [1.54, 1.807) is 13.3 Å². The van der Waals surface area contributed by atoms with Crippen molar-refractivity contribution in [1.82, 2.24) is 15.1 Å². The van der Waals surface area contributed by atoms with Crippen molar-refractivity contribution in [2.75, 3.05) is 20.3 Å². The van der Waals surface area contributed by atoms with Gasteiger partial charge in [0.05, 0.1) is 16.3 Å². The molecule has 0 aliphatic rings. The molecule has 0 saturated carbocycles. The van der Waals surface area contributed by atoms with Gasteiger partial charge in [-0.1, -0.05) is 22.5 Å². The summed E-state index contributed by atoms with van der Waals surface area (Å²) in [6, 6.07) is 5.61. The fourth-order valence-corrected chi connectivity index (χ4v) is 3.19. The number of rotatable bonds is 6. The highest BCUT2D eigenvalue weighted by atomic mass is 79.9. The number of aromatic nitrogens is 2. The number of halogens is 2. The van der Waals surface area contributed by atoms with Gasteiger partial charge in [-0.3, -0.25) is 9.89 Å². The molecule has 0 fully saturated rings. The van der Waals surface area contributed by atoms with Crippen LogP contribution in [-0.4, -0.2) is 30.0 Å². The van der Waals surface area contributed by atoms with Crippen molar-refractivity contribution in [2.45, 2.75) is 6.42 Å². The van der Waals surface area contributed by atoms with Crippen molar-refractivity contribution in [3.63, 3.8) is 0 Å². The third-order valence-electron chi connectivity index (χ3n) is 3.07. The first-order valence-electron chi connectivity index (χ1n) is 6.72. The van der Waals surface area contributed by atoms with Gasteiger partial charge < -0.3 is 10.1 Å². The Hall–Kier alpha value is -1.31. The zero-order valence-electron chi connectivity index (χ0n) is 12.2. The molecule has 0 unspecified atom stereocenters. The second-order valence-electron chi connectivity index (χ2n) is 4.69. The first-order chi connectivity index (χ1) is 10.5. The quantitative estimate of drug-likeness (QED) is 0.682. The molecule has 1 aromatic carbocycles. The lowest BCUT2D eigenvalue weighted by atomic mass is 10.3. The van der Waals surface area contributed by atoms with Crippen LogP contribution in [0.3, 0.4) is 0 Å². The Morgan fingerprint density at radius 3 is 2.91 bits per heavy atom. The van der Waals surface area contributed by atoms with E-state index in [1.165, 1.54) is 4.68 Å². The Morgan fingerprint density at radius 2 is 2.23 bits per heavy atom. The largest absolute Gasteiger partial charge is 0.390 e. The SMILES string of the molecule is C=c1[nH]n(-c2ccc(Br)cc2Br)c(=O)c1=CNCCCOC. The van der Waals surface area contributed by atoms with Crippen molar-refractivity contribution in [2.24, 2.45) is 0 Å². The second kappa shape index (κ2) is 7.80. The average Bonchev–Trinajstić information content (AvgIpc) is 2.74. The molecule has 1 aromatic heterocycles. The molecule has 0 atom stereocenters. The third-order valence-corrected chi connectivity index (χ3v) is 4.20. The van der Waals surface area contributed by atoms with Crippen LogP contribution >= 0.6 is 31.9 Å². The first-order valence-corrected chi connectivity index (χ1v) is 8.31. The van der Waals surface area contributed by atoms with Gasteiger partial charge in [0.15, 0.2) is 0 Å². The van der Waals surface area contributed by atoms with Gasteiger partial charge in [-0.2, -0.15) is 0 Å². The van der Waals surface area contributed by atoms with Gasteiger partial charge in [-0.05, 0) is 40.5 Å². The number of ether oxygens (including phenoxy) is 1. The summed E-state index contributed by atoms with van der Waals surface area (Å²) in [5, 5.41) is 7.19. The summed E-state index contributed by atoms with van der Waals surface area (Å²) in [5.74, 6) is 0. The molecule has 118 valence electrons. The fourth-order valence-electron chi connectivity index (χ4n) is 1.97. The highest BCUT2D eigenvalue weighted by Gasteiger charge is 2.08. The number of methoxy groups -OCH3 is 1. The van der Waals surface area contributed by atoms with Crippen LogP contribution in [0.1, 0.15) is 6.42 Å². The zero-order chi connectivity index (χ0) is 16.1. The average molecular weight is 431 g/mol. The summed E-state index contributed by atoms with van der Waals surface area (Å²) in [6.45, 7) is 5.31. The van der Waals surface area contributed by atoms with E-state index >= 15 is 0 Å². The monoisotopic (exact) mass is 429 g/mol. The molecular weight excluding hydrogens is 414 g/mol. The summed E-state index contributed by atoms with van der Waals surface area (Å²) < 4.78 is 8.20. The van der Waals surface area contributed by atoms with Gasteiger partial charge in [0, 0.05) is 35.4 Å². The van der Waals surface area contributed by atoms with Crippen LogP contribution in [-0.2, 0) is 4.74 Å². The van der Waals surface area contributed by atoms with E-state index in [0.29, 0.717) is 17.2 Å². The minimum atomic E-state index is -0.146. The van der Waals surface area contributed by atoms with Crippen LogP contribution in [0.5, 0.6) is 0 Å². The van der Waals surface area contributed by atoms with E-state index in [-0.39, 0.29) is 5.56 Å². The third kappa shape index (κ3) is 3.91. The molecular formula is C15H17Br2N3O2. The number of H-pyrrole nitrogens is 1. The zero-order valence-corrected chi connectivity index (χ0v) is 15.3. The molecule has 22 heavy (non-hydrogen) atoms. The Bertz CT molecular complexity index is 811. The van der Waals surface area contributed by atoms with Crippen molar-refractivity contribution in [3.05, 3.63) is 48.1 Å². The van der Waals surface area contributed by atoms with Crippen LogP contribution < -0.4 is 21.4 Å². The van der Waals surface area contributed by atoms with Gasteiger partial charge in [-0.25, -0.2) is 4.68 Å². The van der Waals surface area contributed by atoms with Crippen molar-refractivity contribution >= 4 is 44.6 Å². The van der Waals surface area contributed by atoms with Crippen LogP contribution in [0.4, 0.5) is 0 Å².